The lowest BCUT2D eigenvalue weighted by molar-refractivity contribution is 0.592. The lowest BCUT2D eigenvalue weighted by Gasteiger charge is -2.20. The zero-order valence-electron chi connectivity index (χ0n) is 12.0. The van der Waals surface area contributed by atoms with E-state index in [0.29, 0.717) is 11.1 Å². The Balaban J connectivity index is 2.48. The van der Waals surface area contributed by atoms with Crippen LogP contribution in [0.2, 0.25) is 0 Å². The van der Waals surface area contributed by atoms with Crippen LogP contribution >= 0.6 is 0 Å². The van der Waals surface area contributed by atoms with Gasteiger partial charge in [0, 0.05) is 0 Å². The van der Waals surface area contributed by atoms with Crippen LogP contribution in [0.15, 0.2) is 36.4 Å². The molecule has 1 unspecified atom stereocenters. The first-order chi connectivity index (χ1) is 9.52. The summed E-state index contributed by atoms with van der Waals surface area (Å²) in [5.74, 6) is -0.441. The maximum absolute atomic E-state index is 13.7. The first-order valence-corrected chi connectivity index (χ1v) is 6.78. The number of benzene rings is 2. The number of hydrogen-bond acceptors (Lipinski definition) is 1. The first kappa shape index (κ1) is 14.7. The van der Waals surface area contributed by atoms with E-state index in [2.05, 4.69) is 5.32 Å². The van der Waals surface area contributed by atoms with E-state index in [1.165, 1.54) is 12.1 Å². The average Bonchev–Trinajstić information content (AvgIpc) is 2.41. The summed E-state index contributed by atoms with van der Waals surface area (Å²) in [7, 11) is 0. The van der Waals surface area contributed by atoms with E-state index < -0.39 is 0 Å². The molecular weight excluding hydrogens is 256 g/mol. The summed E-state index contributed by atoms with van der Waals surface area (Å²) in [6, 6.07) is 10.0. The Labute approximate surface area is 118 Å². The van der Waals surface area contributed by atoms with E-state index in [4.69, 9.17) is 0 Å². The highest BCUT2D eigenvalue weighted by Gasteiger charge is 2.16. The van der Waals surface area contributed by atoms with Gasteiger partial charge in [0.2, 0.25) is 0 Å². The van der Waals surface area contributed by atoms with Gasteiger partial charge in [-0.25, -0.2) is 8.78 Å². The number of halogens is 2. The Morgan fingerprint density at radius 2 is 1.65 bits per heavy atom. The van der Waals surface area contributed by atoms with Crippen LogP contribution in [0.3, 0.4) is 0 Å². The van der Waals surface area contributed by atoms with Gasteiger partial charge in [-0.3, -0.25) is 0 Å². The van der Waals surface area contributed by atoms with Crippen molar-refractivity contribution in [2.45, 2.75) is 26.8 Å². The largest absolute Gasteiger partial charge is 0.307 e. The second-order valence-corrected chi connectivity index (χ2v) is 5.01. The normalized spacial score (nSPS) is 12.4. The minimum atomic E-state index is -0.263. The number of aryl methyl sites for hydroxylation is 2. The van der Waals surface area contributed by atoms with E-state index in [9.17, 15) is 8.78 Å². The Morgan fingerprint density at radius 3 is 2.20 bits per heavy atom. The summed E-state index contributed by atoms with van der Waals surface area (Å²) in [4.78, 5) is 0. The zero-order chi connectivity index (χ0) is 14.7. The fourth-order valence-corrected chi connectivity index (χ4v) is 2.46. The molecule has 106 valence electrons. The summed E-state index contributed by atoms with van der Waals surface area (Å²) in [6.07, 6.45) is 0. The summed E-state index contributed by atoms with van der Waals surface area (Å²) >= 11 is 0. The molecule has 1 nitrogen and oxygen atoms in total. The summed E-state index contributed by atoms with van der Waals surface area (Å²) in [6.45, 7) is 6.24. The molecule has 0 amide bonds. The van der Waals surface area contributed by atoms with Crippen LogP contribution < -0.4 is 5.32 Å². The van der Waals surface area contributed by atoms with Crippen molar-refractivity contribution in [3.05, 3.63) is 70.3 Å². The molecule has 0 saturated heterocycles. The smallest absolute Gasteiger partial charge is 0.129 e. The average molecular weight is 275 g/mol. The number of nitrogens with one attached hydrogen (secondary N) is 1. The van der Waals surface area contributed by atoms with E-state index in [-0.39, 0.29) is 17.7 Å². The Morgan fingerprint density at radius 1 is 1.00 bits per heavy atom. The zero-order valence-corrected chi connectivity index (χ0v) is 12.0. The Kier molecular flexibility index (Phi) is 4.50. The Bertz CT molecular complexity index is 585. The standard InChI is InChI=1S/C17H19F2N/c1-4-20-17(13-6-5-7-15(18)10-13)14-8-11(2)16(19)12(3)9-14/h5-10,17,20H,4H2,1-3H3. The van der Waals surface area contributed by atoms with Crippen molar-refractivity contribution in [2.24, 2.45) is 0 Å². The van der Waals surface area contributed by atoms with Crippen molar-refractivity contribution in [3.63, 3.8) is 0 Å². The molecule has 0 radical (unpaired) electrons. The third-order valence-electron chi connectivity index (χ3n) is 3.38. The predicted molar refractivity (Wildman–Crippen MR) is 77.8 cm³/mol. The van der Waals surface area contributed by atoms with E-state index >= 15 is 0 Å². The summed E-state index contributed by atoms with van der Waals surface area (Å²) < 4.78 is 27.2. The van der Waals surface area contributed by atoms with Crippen LogP contribution in [0.4, 0.5) is 8.78 Å². The molecule has 0 aliphatic heterocycles. The van der Waals surface area contributed by atoms with Crippen molar-refractivity contribution in [2.75, 3.05) is 6.54 Å². The topological polar surface area (TPSA) is 12.0 Å². The van der Waals surface area contributed by atoms with E-state index in [0.717, 1.165) is 17.7 Å². The minimum absolute atomic E-state index is 0.131. The van der Waals surface area contributed by atoms with Crippen LogP contribution in [-0.2, 0) is 0 Å². The molecule has 3 heteroatoms. The fraction of sp³-hybridized carbons (Fsp3) is 0.294. The van der Waals surface area contributed by atoms with Crippen LogP contribution in [0, 0.1) is 25.5 Å². The molecule has 0 fully saturated rings. The number of rotatable bonds is 4. The predicted octanol–water partition coefficient (Wildman–Crippen LogP) is 4.28. The number of hydrogen-bond donors (Lipinski definition) is 1. The molecule has 2 aromatic carbocycles. The van der Waals surface area contributed by atoms with Crippen molar-refractivity contribution in [1.82, 2.24) is 5.32 Å². The third kappa shape index (κ3) is 3.05. The SMILES string of the molecule is CCNC(c1cccc(F)c1)c1cc(C)c(F)c(C)c1. The molecule has 2 aromatic rings. The maximum atomic E-state index is 13.7. The maximum Gasteiger partial charge on any atom is 0.129 e. The minimum Gasteiger partial charge on any atom is -0.307 e. The monoisotopic (exact) mass is 275 g/mol. The van der Waals surface area contributed by atoms with Crippen LogP contribution in [0.1, 0.15) is 35.2 Å². The second kappa shape index (κ2) is 6.14. The fourth-order valence-electron chi connectivity index (χ4n) is 2.46. The first-order valence-electron chi connectivity index (χ1n) is 6.78. The van der Waals surface area contributed by atoms with Gasteiger partial charge in [0.25, 0.3) is 0 Å². The summed E-state index contributed by atoms with van der Waals surface area (Å²) in [5.41, 5.74) is 3.02. The van der Waals surface area contributed by atoms with Gasteiger partial charge in [-0.05, 0) is 54.8 Å². The van der Waals surface area contributed by atoms with Crippen molar-refractivity contribution < 1.29 is 8.78 Å². The molecule has 20 heavy (non-hydrogen) atoms. The molecule has 0 aliphatic carbocycles. The van der Waals surface area contributed by atoms with Gasteiger partial charge in [0.15, 0.2) is 0 Å². The molecular formula is C17H19F2N. The van der Waals surface area contributed by atoms with Gasteiger partial charge in [0.05, 0.1) is 6.04 Å². The van der Waals surface area contributed by atoms with Gasteiger partial charge >= 0.3 is 0 Å². The van der Waals surface area contributed by atoms with Crippen LogP contribution in [0.25, 0.3) is 0 Å². The van der Waals surface area contributed by atoms with Crippen molar-refractivity contribution >= 4 is 0 Å². The summed E-state index contributed by atoms with van der Waals surface area (Å²) in [5, 5.41) is 3.33. The van der Waals surface area contributed by atoms with E-state index in [1.807, 2.05) is 25.1 Å². The molecule has 0 bridgehead atoms. The third-order valence-corrected chi connectivity index (χ3v) is 3.38. The molecule has 1 N–H and O–H groups in total. The Hall–Kier alpha value is -1.74. The molecule has 2 rings (SSSR count). The highest BCUT2D eigenvalue weighted by molar-refractivity contribution is 5.38. The van der Waals surface area contributed by atoms with Gasteiger partial charge in [-0.15, -0.1) is 0 Å². The van der Waals surface area contributed by atoms with Gasteiger partial charge in [0.1, 0.15) is 11.6 Å². The van der Waals surface area contributed by atoms with Gasteiger partial charge in [-0.2, -0.15) is 0 Å². The van der Waals surface area contributed by atoms with Crippen LogP contribution in [-0.4, -0.2) is 6.54 Å². The lowest BCUT2D eigenvalue weighted by atomic mass is 9.95. The van der Waals surface area contributed by atoms with Gasteiger partial charge in [-0.1, -0.05) is 31.2 Å². The highest BCUT2D eigenvalue weighted by atomic mass is 19.1. The molecule has 0 aliphatic rings. The van der Waals surface area contributed by atoms with Crippen molar-refractivity contribution in [3.8, 4) is 0 Å². The molecule has 1 atom stereocenters. The van der Waals surface area contributed by atoms with E-state index in [1.54, 1.807) is 19.9 Å². The molecule has 0 saturated carbocycles. The molecule has 0 spiro atoms. The lowest BCUT2D eigenvalue weighted by Crippen LogP contribution is -2.22. The molecule has 0 aromatic heterocycles. The van der Waals surface area contributed by atoms with Gasteiger partial charge < -0.3 is 5.32 Å². The quantitative estimate of drug-likeness (QED) is 0.878. The van der Waals surface area contributed by atoms with Crippen molar-refractivity contribution in [1.29, 1.82) is 0 Å². The van der Waals surface area contributed by atoms with Crippen LogP contribution in [0.5, 0.6) is 0 Å². The highest BCUT2D eigenvalue weighted by Crippen LogP contribution is 2.26. The molecule has 0 heterocycles. The second-order valence-electron chi connectivity index (χ2n) is 5.01.